The number of ether oxygens (including phenoxy) is 1. The molecule has 142 valence electrons. The Labute approximate surface area is 150 Å². The molecule has 0 aliphatic carbocycles. The number of hydrogen-bond donors (Lipinski definition) is 1. The lowest BCUT2D eigenvalue weighted by Crippen LogP contribution is -2.26. The van der Waals surface area contributed by atoms with Crippen molar-refractivity contribution < 1.29 is 35.1 Å². The molecular weight excluding hydrogens is 405 g/mol. The maximum atomic E-state index is 13.0. The molecule has 0 amide bonds. The Morgan fingerprint density at radius 3 is 2.23 bits per heavy atom. The molecule has 1 N–H and O–H groups in total. The van der Waals surface area contributed by atoms with Crippen LogP contribution in [0, 0.1) is 0 Å². The van der Waals surface area contributed by atoms with Gasteiger partial charge in [0.1, 0.15) is 5.75 Å². The van der Waals surface area contributed by atoms with Crippen LogP contribution in [0.3, 0.4) is 0 Å². The Balaban J connectivity index is 2.19. The van der Waals surface area contributed by atoms with Crippen LogP contribution in [0.15, 0.2) is 47.4 Å². The van der Waals surface area contributed by atoms with Gasteiger partial charge in [-0.15, -0.1) is 0 Å². The van der Waals surface area contributed by atoms with E-state index >= 15 is 0 Å². The van der Waals surface area contributed by atoms with E-state index in [-0.39, 0.29) is 17.3 Å². The van der Waals surface area contributed by atoms with Gasteiger partial charge in [0.2, 0.25) is 10.0 Å². The van der Waals surface area contributed by atoms with Crippen LogP contribution in [0.1, 0.15) is 11.1 Å². The van der Waals surface area contributed by atoms with Gasteiger partial charge >= 0.3 is 12.8 Å². The predicted octanol–water partition coefficient (Wildman–Crippen LogP) is 4.44. The van der Waals surface area contributed by atoms with Crippen molar-refractivity contribution in [2.75, 3.05) is 0 Å². The fraction of sp³-hybridized carbons (Fsp3) is 0.200. The largest absolute Gasteiger partial charge is 0.435 e. The van der Waals surface area contributed by atoms with E-state index in [4.69, 9.17) is 11.6 Å². The summed E-state index contributed by atoms with van der Waals surface area (Å²) in [6.45, 7) is -3.36. The van der Waals surface area contributed by atoms with E-state index < -0.39 is 33.3 Å². The van der Waals surface area contributed by atoms with E-state index in [0.717, 1.165) is 12.1 Å². The summed E-state index contributed by atoms with van der Waals surface area (Å²) in [5.41, 5.74) is -1.06. The van der Waals surface area contributed by atoms with E-state index in [1.165, 1.54) is 24.3 Å². The molecule has 2 aromatic rings. The molecule has 4 nitrogen and oxygen atoms in total. The molecule has 0 aliphatic rings. The number of hydrogen-bond acceptors (Lipinski definition) is 3. The van der Waals surface area contributed by atoms with Gasteiger partial charge in [-0.05, 0) is 35.9 Å². The maximum absolute atomic E-state index is 13.0. The quantitative estimate of drug-likeness (QED) is 0.710. The zero-order valence-electron chi connectivity index (χ0n) is 12.7. The van der Waals surface area contributed by atoms with Gasteiger partial charge in [-0.1, -0.05) is 23.7 Å². The second kappa shape index (κ2) is 7.77. The summed E-state index contributed by atoms with van der Waals surface area (Å²) >= 11 is 5.52. The van der Waals surface area contributed by atoms with Crippen LogP contribution in [0.5, 0.6) is 5.75 Å². The minimum Gasteiger partial charge on any atom is -0.435 e. The Bertz CT molecular complexity index is 870. The highest BCUT2D eigenvalue weighted by Crippen LogP contribution is 2.35. The first-order valence-corrected chi connectivity index (χ1v) is 8.75. The number of nitrogens with one attached hydrogen (secondary N) is 1. The lowest BCUT2D eigenvalue weighted by atomic mass is 10.2. The van der Waals surface area contributed by atoms with Crippen LogP contribution in [-0.4, -0.2) is 15.0 Å². The summed E-state index contributed by atoms with van der Waals surface area (Å²) in [4.78, 5) is -0.966. The number of benzene rings is 2. The molecule has 2 aromatic carbocycles. The third kappa shape index (κ3) is 5.29. The molecule has 0 atom stereocenters. The van der Waals surface area contributed by atoms with Crippen LogP contribution in [0.4, 0.5) is 22.0 Å². The molecule has 0 aromatic heterocycles. The lowest BCUT2D eigenvalue weighted by Gasteiger charge is -2.14. The highest BCUT2D eigenvalue weighted by atomic mass is 35.5. The van der Waals surface area contributed by atoms with Crippen LogP contribution in [-0.2, 0) is 22.7 Å². The van der Waals surface area contributed by atoms with E-state index in [1.54, 1.807) is 0 Å². The van der Waals surface area contributed by atoms with Crippen molar-refractivity contribution in [1.29, 1.82) is 0 Å². The van der Waals surface area contributed by atoms with Crippen LogP contribution in [0.2, 0.25) is 5.02 Å². The summed E-state index contributed by atoms with van der Waals surface area (Å²) in [6.07, 6.45) is -4.91. The van der Waals surface area contributed by atoms with Crippen molar-refractivity contribution in [1.82, 2.24) is 4.72 Å². The minimum absolute atomic E-state index is 0.135. The Morgan fingerprint density at radius 2 is 1.69 bits per heavy atom. The van der Waals surface area contributed by atoms with E-state index in [1.807, 2.05) is 4.72 Å². The fourth-order valence-corrected chi connectivity index (χ4v) is 3.40. The predicted molar refractivity (Wildman–Crippen MR) is 83.6 cm³/mol. The van der Waals surface area contributed by atoms with Crippen molar-refractivity contribution in [3.8, 4) is 5.75 Å². The Hall–Kier alpha value is -1.91. The van der Waals surface area contributed by atoms with Gasteiger partial charge in [-0.2, -0.15) is 22.0 Å². The molecule has 0 bridgehead atoms. The van der Waals surface area contributed by atoms with Gasteiger partial charge in [0.15, 0.2) is 0 Å². The van der Waals surface area contributed by atoms with Crippen molar-refractivity contribution >= 4 is 21.6 Å². The molecule has 0 radical (unpaired) electrons. The first-order chi connectivity index (χ1) is 12.0. The van der Waals surface area contributed by atoms with Gasteiger partial charge in [0, 0.05) is 11.6 Å². The van der Waals surface area contributed by atoms with E-state index in [9.17, 15) is 30.4 Å². The maximum Gasteiger partial charge on any atom is 0.417 e. The van der Waals surface area contributed by atoms with Crippen molar-refractivity contribution in [3.05, 3.63) is 58.6 Å². The van der Waals surface area contributed by atoms with Crippen LogP contribution < -0.4 is 9.46 Å². The highest BCUT2D eigenvalue weighted by molar-refractivity contribution is 7.89. The van der Waals surface area contributed by atoms with Gasteiger partial charge < -0.3 is 4.74 Å². The van der Waals surface area contributed by atoms with Gasteiger partial charge in [0.05, 0.1) is 10.5 Å². The van der Waals surface area contributed by atoms with Crippen molar-refractivity contribution in [2.45, 2.75) is 24.2 Å². The highest BCUT2D eigenvalue weighted by Gasteiger charge is 2.37. The number of halogens is 6. The summed E-state index contributed by atoms with van der Waals surface area (Å²) in [6, 6.07) is 7.26. The van der Waals surface area contributed by atoms with Gasteiger partial charge in [0.25, 0.3) is 0 Å². The monoisotopic (exact) mass is 415 g/mol. The van der Waals surface area contributed by atoms with Crippen LogP contribution in [0.25, 0.3) is 0 Å². The molecule has 26 heavy (non-hydrogen) atoms. The summed E-state index contributed by atoms with van der Waals surface area (Å²) in [5.74, 6) is -0.135. The molecular formula is C15H11ClF5NO3S. The molecule has 0 spiro atoms. The molecule has 0 saturated carbocycles. The van der Waals surface area contributed by atoms with Crippen molar-refractivity contribution in [2.24, 2.45) is 0 Å². The van der Waals surface area contributed by atoms with E-state index in [2.05, 4.69) is 4.74 Å². The molecule has 0 saturated heterocycles. The fourth-order valence-electron chi connectivity index (χ4n) is 2.00. The SMILES string of the molecule is O=S(=O)(NCc1ccc(OC(F)F)cc1)c1ccc(Cl)cc1C(F)(F)F. The summed E-state index contributed by atoms with van der Waals surface area (Å²) < 4.78 is 93.9. The number of rotatable bonds is 6. The molecule has 0 unspecified atom stereocenters. The lowest BCUT2D eigenvalue weighted by molar-refractivity contribution is -0.139. The average Bonchev–Trinajstić information content (AvgIpc) is 2.52. The zero-order valence-corrected chi connectivity index (χ0v) is 14.3. The molecule has 0 fully saturated rings. The topological polar surface area (TPSA) is 55.4 Å². The average molecular weight is 416 g/mol. The van der Waals surface area contributed by atoms with E-state index in [0.29, 0.717) is 11.6 Å². The number of sulfonamides is 1. The van der Waals surface area contributed by atoms with Gasteiger partial charge in [-0.3, -0.25) is 0 Å². The van der Waals surface area contributed by atoms with Gasteiger partial charge in [-0.25, -0.2) is 13.1 Å². The molecule has 0 heterocycles. The second-order valence-electron chi connectivity index (χ2n) is 4.99. The Kier molecular flexibility index (Phi) is 6.09. The van der Waals surface area contributed by atoms with Crippen molar-refractivity contribution in [3.63, 3.8) is 0 Å². The first kappa shape index (κ1) is 20.4. The molecule has 0 aliphatic heterocycles. The zero-order chi connectivity index (χ0) is 19.5. The Morgan fingerprint density at radius 1 is 1.08 bits per heavy atom. The normalized spacial score (nSPS) is 12.4. The molecule has 2 rings (SSSR count). The smallest absolute Gasteiger partial charge is 0.417 e. The second-order valence-corrected chi connectivity index (χ2v) is 7.16. The summed E-state index contributed by atoms with van der Waals surface area (Å²) in [5, 5.41) is -0.258. The summed E-state index contributed by atoms with van der Waals surface area (Å²) in [7, 11) is -4.50. The standard InChI is InChI=1S/C15H11ClF5NO3S/c16-10-3-6-13(12(7-10)15(19,20)21)26(23,24)22-8-9-1-4-11(5-2-9)25-14(17)18/h1-7,14,22H,8H2. The minimum atomic E-state index is -4.91. The van der Waals surface area contributed by atoms with Crippen LogP contribution >= 0.6 is 11.6 Å². The third-order valence-corrected chi connectivity index (χ3v) is 4.85. The molecule has 11 heteroatoms. The first-order valence-electron chi connectivity index (χ1n) is 6.89. The number of alkyl halides is 5. The third-order valence-electron chi connectivity index (χ3n) is 3.15.